The molecule has 0 aromatic carbocycles. The average Bonchev–Trinajstić information content (AvgIpc) is 2.30. The van der Waals surface area contributed by atoms with Gasteiger partial charge in [0.15, 0.2) is 0 Å². The molecule has 0 spiro atoms. The van der Waals surface area contributed by atoms with Crippen LogP contribution in [0.2, 0.25) is 0 Å². The van der Waals surface area contributed by atoms with Crippen LogP contribution in [0.1, 0.15) is 25.6 Å². The van der Waals surface area contributed by atoms with E-state index in [4.69, 9.17) is 5.14 Å². The minimum atomic E-state index is -3.77. The Morgan fingerprint density at radius 1 is 1.50 bits per heavy atom. The van der Waals surface area contributed by atoms with Gasteiger partial charge in [0.05, 0.1) is 0 Å². The van der Waals surface area contributed by atoms with E-state index in [1.54, 1.807) is 0 Å². The van der Waals surface area contributed by atoms with Crippen LogP contribution in [0.25, 0.3) is 0 Å². The molecule has 0 radical (unpaired) electrons. The highest BCUT2D eigenvalue weighted by Crippen LogP contribution is 2.08. The monoisotopic (exact) mass is 190 g/mol. The fourth-order valence-corrected chi connectivity index (χ4v) is 1.04. The van der Waals surface area contributed by atoms with Gasteiger partial charge in [0, 0.05) is 5.92 Å². The molecule has 6 nitrogen and oxygen atoms in total. The van der Waals surface area contributed by atoms with Crippen molar-refractivity contribution >= 4 is 10.0 Å². The lowest BCUT2D eigenvalue weighted by molar-refractivity contribution is 0.589. The number of H-pyrrole nitrogens is 1. The Bertz CT molecular complexity index is 367. The third-order valence-electron chi connectivity index (χ3n) is 1.28. The standard InChI is InChI=1S/C5H10N4O2S/c1-3(2)4-7-5(9-8-4)12(6,10)11/h3H,1-2H3,(H2,6,10,11)(H,7,8,9). The molecule has 0 saturated carbocycles. The molecule has 68 valence electrons. The van der Waals surface area contributed by atoms with Gasteiger partial charge >= 0.3 is 0 Å². The second-order valence-corrected chi connectivity index (χ2v) is 4.16. The second kappa shape index (κ2) is 2.83. The molecule has 0 aliphatic rings. The van der Waals surface area contributed by atoms with E-state index in [2.05, 4.69) is 15.2 Å². The topological polar surface area (TPSA) is 102 Å². The molecule has 0 atom stereocenters. The highest BCUT2D eigenvalue weighted by atomic mass is 32.2. The Kier molecular flexibility index (Phi) is 2.16. The molecule has 0 amide bonds. The molecule has 0 aliphatic heterocycles. The van der Waals surface area contributed by atoms with Gasteiger partial charge in [-0.25, -0.2) is 18.5 Å². The third kappa shape index (κ3) is 1.80. The number of aromatic nitrogens is 3. The smallest absolute Gasteiger partial charge is 0.262 e. The largest absolute Gasteiger partial charge is 0.282 e. The molecule has 0 aliphatic carbocycles. The predicted molar refractivity (Wildman–Crippen MR) is 41.8 cm³/mol. The van der Waals surface area contributed by atoms with Crippen molar-refractivity contribution < 1.29 is 8.42 Å². The Hall–Kier alpha value is -0.950. The van der Waals surface area contributed by atoms with Crippen LogP contribution < -0.4 is 5.14 Å². The first-order valence-corrected chi connectivity index (χ1v) is 4.91. The zero-order valence-electron chi connectivity index (χ0n) is 6.77. The van der Waals surface area contributed by atoms with E-state index in [1.165, 1.54) is 0 Å². The van der Waals surface area contributed by atoms with Crippen molar-refractivity contribution in [3.63, 3.8) is 0 Å². The van der Waals surface area contributed by atoms with E-state index >= 15 is 0 Å². The summed E-state index contributed by atoms with van der Waals surface area (Å²) in [7, 11) is -3.77. The zero-order chi connectivity index (χ0) is 9.35. The Balaban J connectivity index is 3.09. The van der Waals surface area contributed by atoms with Gasteiger partial charge in [0.2, 0.25) is 0 Å². The molecular formula is C5H10N4O2S. The van der Waals surface area contributed by atoms with Gasteiger partial charge in [0.25, 0.3) is 15.2 Å². The van der Waals surface area contributed by atoms with Crippen molar-refractivity contribution in [1.82, 2.24) is 15.2 Å². The number of rotatable bonds is 2. The van der Waals surface area contributed by atoms with Gasteiger partial charge in [-0.15, -0.1) is 5.10 Å². The number of hydrogen-bond donors (Lipinski definition) is 2. The SMILES string of the molecule is CC(C)c1nc(S(N)(=O)=O)n[nH]1. The molecule has 7 heteroatoms. The first-order chi connectivity index (χ1) is 5.41. The summed E-state index contributed by atoms with van der Waals surface area (Å²) in [6, 6.07) is 0. The van der Waals surface area contributed by atoms with Crippen molar-refractivity contribution in [2.24, 2.45) is 5.14 Å². The van der Waals surface area contributed by atoms with E-state index in [1.807, 2.05) is 13.8 Å². The van der Waals surface area contributed by atoms with Crippen LogP contribution in [0, 0.1) is 0 Å². The number of nitrogens with two attached hydrogens (primary N) is 1. The summed E-state index contributed by atoms with van der Waals surface area (Å²) in [6.45, 7) is 3.74. The van der Waals surface area contributed by atoms with Crippen LogP contribution in [0.15, 0.2) is 5.16 Å². The number of nitrogens with one attached hydrogen (secondary N) is 1. The summed E-state index contributed by atoms with van der Waals surface area (Å²) in [5, 5.41) is 10.4. The highest BCUT2D eigenvalue weighted by Gasteiger charge is 2.15. The molecule has 12 heavy (non-hydrogen) atoms. The predicted octanol–water partition coefficient (Wildman–Crippen LogP) is -0.425. The number of hydrogen-bond acceptors (Lipinski definition) is 4. The second-order valence-electron chi connectivity index (χ2n) is 2.70. The van der Waals surface area contributed by atoms with Crippen molar-refractivity contribution in [3.05, 3.63) is 5.82 Å². The van der Waals surface area contributed by atoms with Crippen LogP contribution in [-0.2, 0) is 10.0 Å². The number of primary sulfonamides is 1. The van der Waals surface area contributed by atoms with Gasteiger partial charge in [-0.1, -0.05) is 13.8 Å². The molecule has 1 aromatic heterocycles. The highest BCUT2D eigenvalue weighted by molar-refractivity contribution is 7.89. The maximum atomic E-state index is 10.7. The van der Waals surface area contributed by atoms with E-state index in [9.17, 15) is 8.42 Å². The van der Waals surface area contributed by atoms with E-state index in [0.717, 1.165) is 0 Å². The summed E-state index contributed by atoms with van der Waals surface area (Å²) < 4.78 is 21.4. The number of nitrogens with zero attached hydrogens (tertiary/aromatic N) is 2. The van der Waals surface area contributed by atoms with Crippen LogP contribution in [0.3, 0.4) is 0 Å². The average molecular weight is 190 g/mol. The summed E-state index contributed by atoms with van der Waals surface area (Å²) in [4.78, 5) is 3.70. The fraction of sp³-hybridized carbons (Fsp3) is 0.600. The lowest BCUT2D eigenvalue weighted by Crippen LogP contribution is -2.14. The minimum Gasteiger partial charge on any atom is -0.262 e. The maximum Gasteiger partial charge on any atom is 0.282 e. The van der Waals surface area contributed by atoms with Gasteiger partial charge in [-0.2, -0.15) is 0 Å². The lowest BCUT2D eigenvalue weighted by atomic mass is 10.2. The molecule has 1 heterocycles. The van der Waals surface area contributed by atoms with Crippen molar-refractivity contribution in [2.75, 3.05) is 0 Å². The molecule has 3 N–H and O–H groups in total. The molecule has 1 aromatic rings. The zero-order valence-corrected chi connectivity index (χ0v) is 7.59. The quantitative estimate of drug-likeness (QED) is 0.660. The van der Waals surface area contributed by atoms with Gasteiger partial charge in [-0.3, -0.25) is 5.10 Å². The molecular weight excluding hydrogens is 180 g/mol. The van der Waals surface area contributed by atoms with Crippen LogP contribution in [0.5, 0.6) is 0 Å². The third-order valence-corrected chi connectivity index (χ3v) is 1.98. The Morgan fingerprint density at radius 2 is 2.08 bits per heavy atom. The Morgan fingerprint density at radius 3 is 2.33 bits per heavy atom. The summed E-state index contributed by atoms with van der Waals surface area (Å²) in [5.41, 5.74) is 0. The fourth-order valence-electron chi connectivity index (χ4n) is 0.644. The lowest BCUT2D eigenvalue weighted by Gasteiger charge is -1.94. The summed E-state index contributed by atoms with van der Waals surface area (Å²) in [5.74, 6) is 0.618. The van der Waals surface area contributed by atoms with Crippen LogP contribution in [-0.4, -0.2) is 23.6 Å². The first kappa shape index (κ1) is 9.14. The summed E-state index contributed by atoms with van der Waals surface area (Å²) >= 11 is 0. The van der Waals surface area contributed by atoms with Gasteiger partial charge in [-0.05, 0) is 0 Å². The van der Waals surface area contributed by atoms with Crippen LogP contribution >= 0.6 is 0 Å². The van der Waals surface area contributed by atoms with E-state index in [-0.39, 0.29) is 11.1 Å². The van der Waals surface area contributed by atoms with Crippen molar-refractivity contribution in [2.45, 2.75) is 24.9 Å². The van der Waals surface area contributed by atoms with E-state index < -0.39 is 10.0 Å². The molecule has 0 fully saturated rings. The molecule has 1 rings (SSSR count). The van der Waals surface area contributed by atoms with Crippen molar-refractivity contribution in [1.29, 1.82) is 0 Å². The maximum absolute atomic E-state index is 10.7. The number of aromatic amines is 1. The van der Waals surface area contributed by atoms with Crippen LogP contribution in [0.4, 0.5) is 0 Å². The van der Waals surface area contributed by atoms with E-state index in [0.29, 0.717) is 5.82 Å². The molecule has 0 saturated heterocycles. The van der Waals surface area contributed by atoms with Crippen molar-refractivity contribution in [3.8, 4) is 0 Å². The number of sulfonamides is 1. The minimum absolute atomic E-state index is 0.105. The molecule has 0 unspecified atom stereocenters. The first-order valence-electron chi connectivity index (χ1n) is 3.36. The van der Waals surface area contributed by atoms with Gasteiger partial charge < -0.3 is 0 Å². The normalized spacial score (nSPS) is 12.3. The summed E-state index contributed by atoms with van der Waals surface area (Å²) in [6.07, 6.45) is 0. The van der Waals surface area contributed by atoms with Gasteiger partial charge in [0.1, 0.15) is 5.82 Å². The molecule has 0 bridgehead atoms. The Labute approximate surface area is 70.2 Å².